The third-order valence-corrected chi connectivity index (χ3v) is 7.03. The number of aromatic nitrogens is 1. The summed E-state index contributed by atoms with van der Waals surface area (Å²) in [5.74, 6) is 1.44. The summed E-state index contributed by atoms with van der Waals surface area (Å²) < 4.78 is 5.61. The highest BCUT2D eigenvalue weighted by Gasteiger charge is 2.13. The highest BCUT2D eigenvalue weighted by Crippen LogP contribution is 2.23. The summed E-state index contributed by atoms with van der Waals surface area (Å²) in [6, 6.07) is 22.4. The normalized spacial score (nSPS) is 12.6. The Balaban J connectivity index is 0.000000215. The monoisotopic (exact) mass is 559 g/mol. The van der Waals surface area contributed by atoms with Crippen molar-refractivity contribution in [1.82, 2.24) is 4.98 Å². The molecule has 4 rings (SSSR count). The van der Waals surface area contributed by atoms with E-state index in [1.807, 2.05) is 83.1 Å². The Bertz CT molecular complexity index is 1280. The zero-order valence-corrected chi connectivity index (χ0v) is 25.4. The lowest BCUT2D eigenvalue weighted by molar-refractivity contribution is -0.120. The Morgan fingerprint density at radius 3 is 1.80 bits per heavy atom. The number of nitrogens with one attached hydrogen (secondary N) is 2. The Morgan fingerprint density at radius 2 is 1.27 bits per heavy atom. The van der Waals surface area contributed by atoms with Gasteiger partial charge in [0.1, 0.15) is 11.3 Å². The van der Waals surface area contributed by atoms with Crippen molar-refractivity contribution < 1.29 is 19.1 Å². The number of aryl methyl sites for hydroxylation is 1. The Labute approximate surface area is 244 Å². The molecule has 220 valence electrons. The van der Waals surface area contributed by atoms with Crippen LogP contribution in [-0.2, 0) is 9.59 Å². The Kier molecular flexibility index (Phi) is 13.6. The van der Waals surface area contributed by atoms with Gasteiger partial charge >= 0.3 is 0 Å². The van der Waals surface area contributed by atoms with Gasteiger partial charge in [-0.15, -0.1) is 0 Å². The average Bonchev–Trinajstić information content (AvgIpc) is 3.43. The first-order chi connectivity index (χ1) is 19.6. The number of carbonyl (C=O) groups is 2. The fourth-order valence-corrected chi connectivity index (χ4v) is 3.45. The number of phenols is 1. The van der Waals surface area contributed by atoms with Crippen LogP contribution in [-0.4, -0.2) is 21.9 Å². The zero-order chi connectivity index (χ0) is 30.4. The molecule has 0 radical (unpaired) electrons. The van der Waals surface area contributed by atoms with Gasteiger partial charge in [0.15, 0.2) is 11.5 Å². The van der Waals surface area contributed by atoms with Gasteiger partial charge in [-0.25, -0.2) is 4.98 Å². The van der Waals surface area contributed by atoms with Crippen LogP contribution in [0, 0.1) is 18.8 Å². The van der Waals surface area contributed by atoms with Crippen molar-refractivity contribution in [2.45, 2.75) is 73.6 Å². The lowest BCUT2D eigenvalue weighted by atomic mass is 10.1. The van der Waals surface area contributed by atoms with Gasteiger partial charge < -0.3 is 20.2 Å². The molecular weight excluding hydrogens is 514 g/mol. The van der Waals surface area contributed by atoms with E-state index in [1.54, 1.807) is 24.3 Å². The number of fused-ring (bicyclic) bond motifs is 1. The summed E-state index contributed by atoms with van der Waals surface area (Å²) in [5.41, 5.74) is 4.33. The fourth-order valence-electron chi connectivity index (χ4n) is 3.45. The maximum atomic E-state index is 11.6. The summed E-state index contributed by atoms with van der Waals surface area (Å²) in [6.45, 7) is 14.0. The van der Waals surface area contributed by atoms with Crippen molar-refractivity contribution >= 4 is 34.3 Å². The molecule has 3 atom stereocenters. The topological polar surface area (TPSA) is 104 Å². The maximum Gasteiger partial charge on any atom is 0.227 e. The van der Waals surface area contributed by atoms with E-state index in [9.17, 15) is 14.7 Å². The summed E-state index contributed by atoms with van der Waals surface area (Å²) in [6.07, 6.45) is 2.73. The number of aromatic hydroxyl groups is 1. The SMILES string of the molecule is CCC(C)C(=O)Nc1ccccc1C.CCC(C)C(=O)Nc1ccccc1O.CCC(C)c1nc2ccccc2o1. The fraction of sp³-hybridized carbons (Fsp3) is 0.382. The van der Waals surface area contributed by atoms with E-state index in [0.29, 0.717) is 11.6 Å². The second kappa shape index (κ2) is 16.9. The van der Waals surface area contributed by atoms with E-state index < -0.39 is 0 Å². The lowest BCUT2D eigenvalue weighted by Gasteiger charge is -2.11. The Hall–Kier alpha value is -4.13. The summed E-state index contributed by atoms with van der Waals surface area (Å²) >= 11 is 0. The molecule has 4 aromatic rings. The van der Waals surface area contributed by atoms with Crippen LogP contribution in [0.1, 0.15) is 78.2 Å². The molecule has 0 aliphatic heterocycles. The van der Waals surface area contributed by atoms with Crippen LogP contribution in [0.3, 0.4) is 0 Å². The minimum Gasteiger partial charge on any atom is -0.506 e. The molecule has 7 heteroatoms. The number of nitrogens with zero attached hydrogens (tertiary/aromatic N) is 1. The summed E-state index contributed by atoms with van der Waals surface area (Å²) in [5, 5.41) is 15.0. The first-order valence-electron chi connectivity index (χ1n) is 14.4. The molecule has 0 fully saturated rings. The number of carbonyl (C=O) groups excluding carboxylic acids is 2. The Morgan fingerprint density at radius 1 is 0.756 bits per heavy atom. The number of hydrogen-bond acceptors (Lipinski definition) is 5. The number of rotatable bonds is 8. The minimum absolute atomic E-state index is 0.0328. The molecule has 0 saturated heterocycles. The number of phenolic OH excluding ortho intramolecular Hbond substituents is 1. The second-order valence-corrected chi connectivity index (χ2v) is 10.3. The molecule has 2 amide bonds. The third-order valence-electron chi connectivity index (χ3n) is 7.03. The van der Waals surface area contributed by atoms with Gasteiger partial charge in [0.25, 0.3) is 0 Å². The molecule has 1 heterocycles. The van der Waals surface area contributed by atoms with Crippen LogP contribution >= 0.6 is 0 Å². The predicted molar refractivity (Wildman–Crippen MR) is 168 cm³/mol. The first-order valence-corrected chi connectivity index (χ1v) is 14.4. The van der Waals surface area contributed by atoms with Gasteiger partial charge in [-0.2, -0.15) is 0 Å². The van der Waals surface area contributed by atoms with Crippen molar-refractivity contribution in [3.05, 3.63) is 84.3 Å². The van der Waals surface area contributed by atoms with E-state index in [2.05, 4.69) is 29.5 Å². The molecule has 3 unspecified atom stereocenters. The molecular formula is C34H45N3O4. The standard InChI is InChI=1S/C12H17NO.C11H15NO2.C11H13NO/c1-4-9(2)12(14)13-11-8-6-5-7-10(11)3;1-3-8(2)11(14)12-9-6-4-5-7-10(9)13;1-3-8(2)11-12-9-6-4-5-7-10(9)13-11/h5-9H,4H2,1-3H3,(H,13,14);4-8,13H,3H2,1-2H3,(H,12,14);4-8H,3H2,1-2H3. The molecule has 0 aliphatic carbocycles. The maximum absolute atomic E-state index is 11.6. The van der Waals surface area contributed by atoms with Gasteiger partial charge in [-0.3, -0.25) is 9.59 Å². The average molecular weight is 560 g/mol. The predicted octanol–water partition coefficient (Wildman–Crippen LogP) is 8.70. The van der Waals surface area contributed by atoms with Crippen LogP contribution < -0.4 is 10.6 Å². The van der Waals surface area contributed by atoms with Crippen molar-refractivity contribution in [3.63, 3.8) is 0 Å². The number of anilines is 2. The lowest BCUT2D eigenvalue weighted by Crippen LogP contribution is -2.20. The molecule has 0 spiro atoms. The van der Waals surface area contributed by atoms with E-state index in [4.69, 9.17) is 4.42 Å². The van der Waals surface area contributed by atoms with Gasteiger partial charge in [-0.1, -0.05) is 84.0 Å². The smallest absolute Gasteiger partial charge is 0.227 e. The molecule has 1 aromatic heterocycles. The van der Waals surface area contributed by atoms with Crippen LogP contribution in [0.4, 0.5) is 11.4 Å². The second-order valence-electron chi connectivity index (χ2n) is 10.3. The van der Waals surface area contributed by atoms with E-state index in [-0.39, 0.29) is 29.4 Å². The number of oxazole rings is 1. The van der Waals surface area contributed by atoms with Gasteiger partial charge in [0.05, 0.1) is 5.69 Å². The number of hydrogen-bond donors (Lipinski definition) is 3. The van der Waals surface area contributed by atoms with Crippen LogP contribution in [0.2, 0.25) is 0 Å². The van der Waals surface area contributed by atoms with Crippen molar-refractivity contribution in [1.29, 1.82) is 0 Å². The van der Waals surface area contributed by atoms with Gasteiger partial charge in [-0.05, 0) is 62.1 Å². The van der Waals surface area contributed by atoms with Crippen LogP contribution in [0.15, 0.2) is 77.2 Å². The van der Waals surface area contributed by atoms with Gasteiger partial charge in [0.2, 0.25) is 11.8 Å². The zero-order valence-electron chi connectivity index (χ0n) is 25.4. The molecule has 41 heavy (non-hydrogen) atoms. The highest BCUT2D eigenvalue weighted by molar-refractivity contribution is 5.93. The quantitative estimate of drug-likeness (QED) is 0.187. The van der Waals surface area contributed by atoms with Crippen LogP contribution in [0.25, 0.3) is 11.1 Å². The largest absolute Gasteiger partial charge is 0.506 e. The minimum atomic E-state index is -0.0611. The first kappa shape index (κ1) is 33.1. The molecule has 0 bridgehead atoms. The van der Waals surface area contributed by atoms with E-state index >= 15 is 0 Å². The molecule has 0 aliphatic rings. The number of amides is 2. The summed E-state index contributed by atoms with van der Waals surface area (Å²) in [4.78, 5) is 27.5. The third kappa shape index (κ3) is 10.4. The van der Waals surface area contributed by atoms with Crippen molar-refractivity contribution in [2.75, 3.05) is 10.6 Å². The van der Waals surface area contributed by atoms with Crippen molar-refractivity contribution in [2.24, 2.45) is 11.8 Å². The number of para-hydroxylation sites is 5. The van der Waals surface area contributed by atoms with E-state index in [0.717, 1.165) is 47.5 Å². The molecule has 3 aromatic carbocycles. The van der Waals surface area contributed by atoms with Crippen LogP contribution in [0.5, 0.6) is 5.75 Å². The molecule has 7 nitrogen and oxygen atoms in total. The summed E-state index contributed by atoms with van der Waals surface area (Å²) in [7, 11) is 0. The van der Waals surface area contributed by atoms with E-state index in [1.165, 1.54) is 0 Å². The van der Waals surface area contributed by atoms with Gasteiger partial charge in [0, 0.05) is 23.4 Å². The highest BCUT2D eigenvalue weighted by atomic mass is 16.3. The number of benzene rings is 3. The van der Waals surface area contributed by atoms with Crippen molar-refractivity contribution in [3.8, 4) is 5.75 Å². The molecule has 3 N–H and O–H groups in total. The molecule has 0 saturated carbocycles.